The second-order valence-electron chi connectivity index (χ2n) is 5.53. The molecule has 1 saturated heterocycles. The lowest BCUT2D eigenvalue weighted by molar-refractivity contribution is 0.0336. The van der Waals surface area contributed by atoms with Crippen molar-refractivity contribution < 1.29 is 22.7 Å². The summed E-state index contributed by atoms with van der Waals surface area (Å²) in [7, 11) is -4.03. The number of hydrogen-bond acceptors (Lipinski definition) is 5. The van der Waals surface area contributed by atoms with E-state index < -0.39 is 27.9 Å². The van der Waals surface area contributed by atoms with Crippen LogP contribution in [0.4, 0.5) is 4.79 Å². The maximum atomic E-state index is 12.6. The number of rotatable bonds is 3. The standard InChI is InChI=1S/C13H16BrNO5S/c1-13(2,3)20-12(16)15(11-8-19-11)21(17,18)10-6-4-5-9(14)7-10/h4-7,11H,8H2,1-3H3. The number of carbonyl (C=O) groups excluding carboxylic acids is 1. The lowest BCUT2D eigenvalue weighted by atomic mass is 10.2. The van der Waals surface area contributed by atoms with Gasteiger partial charge < -0.3 is 9.47 Å². The Morgan fingerprint density at radius 2 is 2.05 bits per heavy atom. The first-order valence-electron chi connectivity index (χ1n) is 6.26. The molecule has 0 bridgehead atoms. The van der Waals surface area contributed by atoms with Gasteiger partial charge in [-0.2, -0.15) is 4.31 Å². The largest absolute Gasteiger partial charge is 0.443 e. The predicted octanol–water partition coefficient (Wildman–Crippen LogP) is 2.73. The predicted molar refractivity (Wildman–Crippen MR) is 79.1 cm³/mol. The average molecular weight is 378 g/mol. The number of benzene rings is 1. The number of amides is 1. The zero-order valence-electron chi connectivity index (χ0n) is 11.9. The Hall–Kier alpha value is -1.12. The molecular formula is C13H16BrNO5S. The minimum atomic E-state index is -4.03. The van der Waals surface area contributed by atoms with E-state index in [0.29, 0.717) is 8.78 Å². The Morgan fingerprint density at radius 3 is 2.52 bits per heavy atom. The number of sulfonamides is 1. The van der Waals surface area contributed by atoms with Crippen molar-refractivity contribution in [3.05, 3.63) is 28.7 Å². The summed E-state index contributed by atoms with van der Waals surface area (Å²) in [5.74, 6) is 0. The Morgan fingerprint density at radius 1 is 1.43 bits per heavy atom. The number of hydrogen-bond donors (Lipinski definition) is 0. The van der Waals surface area contributed by atoms with Gasteiger partial charge in [-0.05, 0) is 39.0 Å². The molecule has 0 spiro atoms. The van der Waals surface area contributed by atoms with Crippen molar-refractivity contribution in [1.29, 1.82) is 0 Å². The van der Waals surface area contributed by atoms with Crippen LogP contribution >= 0.6 is 15.9 Å². The monoisotopic (exact) mass is 377 g/mol. The first-order chi connectivity index (χ1) is 9.61. The van der Waals surface area contributed by atoms with Crippen molar-refractivity contribution in [1.82, 2.24) is 4.31 Å². The minimum absolute atomic E-state index is 0.00164. The normalized spacial score (nSPS) is 18.2. The molecule has 0 aliphatic carbocycles. The third-order valence-corrected chi connectivity index (χ3v) is 4.75. The van der Waals surface area contributed by atoms with Crippen LogP contribution in [0.15, 0.2) is 33.6 Å². The van der Waals surface area contributed by atoms with Crippen LogP contribution in [0.25, 0.3) is 0 Å². The lowest BCUT2D eigenvalue weighted by Gasteiger charge is -2.25. The van der Waals surface area contributed by atoms with Crippen molar-refractivity contribution >= 4 is 32.0 Å². The Balaban J connectivity index is 2.36. The zero-order valence-corrected chi connectivity index (χ0v) is 14.3. The van der Waals surface area contributed by atoms with Crippen molar-refractivity contribution in [2.75, 3.05) is 6.61 Å². The van der Waals surface area contributed by atoms with Gasteiger partial charge in [0.2, 0.25) is 0 Å². The Bertz CT molecular complexity index is 649. The highest BCUT2D eigenvalue weighted by Crippen LogP contribution is 2.28. The van der Waals surface area contributed by atoms with Gasteiger partial charge in [0.05, 0.1) is 11.5 Å². The first-order valence-corrected chi connectivity index (χ1v) is 8.49. The number of halogens is 1. The minimum Gasteiger partial charge on any atom is -0.443 e. The smallest absolute Gasteiger partial charge is 0.426 e. The van der Waals surface area contributed by atoms with Crippen molar-refractivity contribution in [2.45, 2.75) is 37.5 Å². The molecule has 1 fully saturated rings. The lowest BCUT2D eigenvalue weighted by Crippen LogP contribution is -2.42. The topological polar surface area (TPSA) is 76.2 Å². The SMILES string of the molecule is CC(C)(C)OC(=O)N(C1CO1)S(=O)(=O)c1cccc(Br)c1. The number of carbonyl (C=O) groups is 1. The Labute approximate surface area is 132 Å². The molecule has 0 N–H and O–H groups in total. The van der Waals surface area contributed by atoms with Gasteiger partial charge in [-0.1, -0.05) is 22.0 Å². The average Bonchev–Trinajstić information content (AvgIpc) is 3.10. The van der Waals surface area contributed by atoms with Crippen LogP contribution in [0.2, 0.25) is 0 Å². The van der Waals surface area contributed by atoms with Gasteiger partial charge in [-0.15, -0.1) is 0 Å². The fourth-order valence-corrected chi connectivity index (χ4v) is 3.57. The summed E-state index contributed by atoms with van der Waals surface area (Å²) in [6, 6.07) is 6.12. The molecule has 21 heavy (non-hydrogen) atoms. The molecule has 8 heteroatoms. The molecule has 6 nitrogen and oxygen atoms in total. The highest BCUT2D eigenvalue weighted by atomic mass is 79.9. The molecule has 1 aliphatic rings. The fourth-order valence-electron chi connectivity index (χ4n) is 1.60. The molecule has 0 saturated carbocycles. The van der Waals surface area contributed by atoms with E-state index in [1.54, 1.807) is 32.9 Å². The van der Waals surface area contributed by atoms with Gasteiger partial charge in [0, 0.05) is 4.47 Å². The van der Waals surface area contributed by atoms with Gasteiger partial charge in [-0.3, -0.25) is 0 Å². The highest BCUT2D eigenvalue weighted by molar-refractivity contribution is 9.10. The van der Waals surface area contributed by atoms with Gasteiger partial charge in [0.1, 0.15) is 5.60 Å². The van der Waals surface area contributed by atoms with Crippen LogP contribution in [0.1, 0.15) is 20.8 Å². The second kappa shape index (κ2) is 5.58. The summed E-state index contributed by atoms with van der Waals surface area (Å²) < 4.78 is 36.6. The van der Waals surface area contributed by atoms with E-state index in [1.165, 1.54) is 12.1 Å². The first kappa shape index (κ1) is 16.3. The molecule has 1 amide bonds. The van der Waals surface area contributed by atoms with E-state index in [4.69, 9.17) is 9.47 Å². The van der Waals surface area contributed by atoms with Crippen molar-refractivity contribution in [3.63, 3.8) is 0 Å². The molecule has 1 aromatic carbocycles. The van der Waals surface area contributed by atoms with E-state index in [2.05, 4.69) is 15.9 Å². The molecule has 1 unspecified atom stereocenters. The summed E-state index contributed by atoms with van der Waals surface area (Å²) in [5, 5.41) is 0. The molecule has 2 rings (SSSR count). The maximum Gasteiger partial charge on any atom is 0.426 e. The molecule has 0 radical (unpaired) electrons. The maximum absolute atomic E-state index is 12.6. The molecule has 116 valence electrons. The van der Waals surface area contributed by atoms with Crippen LogP contribution in [0.5, 0.6) is 0 Å². The molecule has 1 aliphatic heterocycles. The molecule has 1 heterocycles. The number of ether oxygens (including phenoxy) is 2. The van der Waals surface area contributed by atoms with E-state index in [-0.39, 0.29) is 11.5 Å². The van der Waals surface area contributed by atoms with Crippen LogP contribution < -0.4 is 0 Å². The van der Waals surface area contributed by atoms with Gasteiger partial charge in [0.15, 0.2) is 6.23 Å². The van der Waals surface area contributed by atoms with Crippen LogP contribution in [0.3, 0.4) is 0 Å². The molecule has 1 atom stereocenters. The van der Waals surface area contributed by atoms with Gasteiger partial charge in [0.25, 0.3) is 10.0 Å². The molecule has 0 aromatic heterocycles. The van der Waals surface area contributed by atoms with Gasteiger partial charge >= 0.3 is 6.09 Å². The number of epoxide rings is 1. The van der Waals surface area contributed by atoms with Crippen LogP contribution in [-0.4, -0.2) is 37.3 Å². The quantitative estimate of drug-likeness (QED) is 0.756. The van der Waals surface area contributed by atoms with Gasteiger partial charge in [-0.25, -0.2) is 13.2 Å². The summed E-state index contributed by atoms with van der Waals surface area (Å²) >= 11 is 3.21. The molecule has 1 aromatic rings. The summed E-state index contributed by atoms with van der Waals surface area (Å²) in [6.07, 6.45) is -1.74. The van der Waals surface area contributed by atoms with Crippen LogP contribution in [0, 0.1) is 0 Å². The van der Waals surface area contributed by atoms with E-state index in [0.717, 1.165) is 0 Å². The van der Waals surface area contributed by atoms with Crippen molar-refractivity contribution in [2.24, 2.45) is 0 Å². The Kier molecular flexibility index (Phi) is 4.32. The van der Waals surface area contributed by atoms with Crippen LogP contribution in [-0.2, 0) is 19.5 Å². The van der Waals surface area contributed by atoms with E-state index in [9.17, 15) is 13.2 Å². The second-order valence-corrected chi connectivity index (χ2v) is 8.26. The summed E-state index contributed by atoms with van der Waals surface area (Å²) in [4.78, 5) is 12.2. The van der Waals surface area contributed by atoms with E-state index in [1.807, 2.05) is 0 Å². The summed E-state index contributed by atoms with van der Waals surface area (Å²) in [6.45, 7) is 5.18. The number of nitrogens with zero attached hydrogens (tertiary/aromatic N) is 1. The van der Waals surface area contributed by atoms with Crippen molar-refractivity contribution in [3.8, 4) is 0 Å². The zero-order chi connectivity index (χ0) is 15.8. The third-order valence-electron chi connectivity index (χ3n) is 2.50. The third kappa shape index (κ3) is 3.96. The summed E-state index contributed by atoms with van der Waals surface area (Å²) in [5.41, 5.74) is -0.795. The highest BCUT2D eigenvalue weighted by Gasteiger charge is 2.45. The van der Waals surface area contributed by atoms with E-state index >= 15 is 0 Å². The fraction of sp³-hybridized carbons (Fsp3) is 0.462. The molecular weight excluding hydrogens is 362 g/mol.